The number of terminal acetylenes is 1. The molecule has 0 saturated carbocycles. The first kappa shape index (κ1) is 14.3. The van der Waals surface area contributed by atoms with E-state index in [2.05, 4.69) is 16.6 Å². The van der Waals surface area contributed by atoms with Crippen LogP contribution in [0.15, 0.2) is 0 Å². The average molecular weight is 228 g/mol. The number of rotatable bonds is 4. The van der Waals surface area contributed by atoms with Crippen LogP contribution < -0.4 is 10.6 Å². The van der Waals surface area contributed by atoms with Crippen LogP contribution in [-0.4, -0.2) is 39.9 Å². The van der Waals surface area contributed by atoms with E-state index in [0.29, 0.717) is 0 Å². The summed E-state index contributed by atoms with van der Waals surface area (Å²) in [6.07, 6.45) is 3.95. The molecule has 90 valence electrons. The van der Waals surface area contributed by atoms with E-state index in [1.54, 1.807) is 13.8 Å². The molecule has 0 radical (unpaired) electrons. The van der Waals surface area contributed by atoms with Crippen molar-refractivity contribution in [2.45, 2.75) is 38.5 Å². The fourth-order valence-electron chi connectivity index (χ4n) is 0.886. The van der Waals surface area contributed by atoms with E-state index in [1.165, 1.54) is 6.92 Å². The molecule has 2 atom stereocenters. The van der Waals surface area contributed by atoms with Gasteiger partial charge in [0, 0.05) is 0 Å². The van der Waals surface area contributed by atoms with Crippen LogP contribution in [0, 0.1) is 12.3 Å². The van der Waals surface area contributed by atoms with Crippen molar-refractivity contribution in [3.63, 3.8) is 0 Å². The van der Waals surface area contributed by atoms with E-state index in [4.69, 9.17) is 16.6 Å². The molecule has 0 bridgehead atoms. The summed E-state index contributed by atoms with van der Waals surface area (Å²) in [5.41, 5.74) is -0.883. The van der Waals surface area contributed by atoms with Crippen LogP contribution in [0.1, 0.15) is 20.8 Å². The van der Waals surface area contributed by atoms with E-state index in [-0.39, 0.29) is 0 Å². The zero-order chi connectivity index (χ0) is 12.9. The molecular weight excluding hydrogens is 212 g/mol. The maximum atomic E-state index is 11.3. The van der Waals surface area contributed by atoms with Gasteiger partial charge in [0.2, 0.25) is 0 Å². The molecule has 0 aromatic carbocycles. The van der Waals surface area contributed by atoms with Crippen LogP contribution in [0.25, 0.3) is 0 Å². The molecule has 0 aliphatic carbocycles. The maximum Gasteiger partial charge on any atom is 0.328 e. The summed E-state index contributed by atoms with van der Waals surface area (Å²) in [5.74, 6) is 1.01. The van der Waals surface area contributed by atoms with Gasteiger partial charge in [-0.25, -0.2) is 9.59 Å². The molecule has 0 aliphatic heterocycles. The van der Waals surface area contributed by atoms with Crippen molar-refractivity contribution in [2.24, 2.45) is 0 Å². The highest BCUT2D eigenvalue weighted by atomic mass is 16.4. The Morgan fingerprint density at radius 2 is 1.94 bits per heavy atom. The van der Waals surface area contributed by atoms with Crippen molar-refractivity contribution in [3.8, 4) is 12.3 Å². The summed E-state index contributed by atoms with van der Waals surface area (Å²) in [4.78, 5) is 22.0. The van der Waals surface area contributed by atoms with E-state index in [0.717, 1.165) is 0 Å². The molecule has 6 heteroatoms. The number of aliphatic carboxylic acids is 1. The van der Waals surface area contributed by atoms with Crippen molar-refractivity contribution in [3.05, 3.63) is 0 Å². The molecule has 0 spiro atoms. The van der Waals surface area contributed by atoms with Gasteiger partial charge in [-0.05, 0) is 20.8 Å². The third-order valence-corrected chi connectivity index (χ3v) is 1.82. The predicted molar refractivity (Wildman–Crippen MR) is 57.7 cm³/mol. The van der Waals surface area contributed by atoms with Crippen molar-refractivity contribution in [1.29, 1.82) is 0 Å². The fraction of sp³-hybridized carbons (Fsp3) is 0.600. The Kier molecular flexibility index (Phi) is 4.79. The number of hydrogen-bond donors (Lipinski definition) is 4. The van der Waals surface area contributed by atoms with Gasteiger partial charge < -0.3 is 20.8 Å². The summed E-state index contributed by atoms with van der Waals surface area (Å²) >= 11 is 0. The molecule has 0 rings (SSSR count). The predicted octanol–water partition coefficient (Wildman–Crippen LogP) is -0.469. The van der Waals surface area contributed by atoms with E-state index >= 15 is 0 Å². The third-order valence-electron chi connectivity index (χ3n) is 1.82. The van der Waals surface area contributed by atoms with Gasteiger partial charge in [0.05, 0.1) is 11.6 Å². The summed E-state index contributed by atoms with van der Waals surface area (Å²) in [5, 5.41) is 22.3. The highest BCUT2D eigenvalue weighted by molar-refractivity contribution is 5.83. The first-order valence-electron chi connectivity index (χ1n) is 4.67. The van der Waals surface area contributed by atoms with Gasteiger partial charge in [-0.2, -0.15) is 0 Å². The zero-order valence-corrected chi connectivity index (χ0v) is 9.44. The first-order valence-corrected chi connectivity index (χ1v) is 4.67. The number of aliphatic hydroxyl groups is 1. The second-order valence-corrected chi connectivity index (χ2v) is 3.92. The average Bonchev–Trinajstić information content (AvgIpc) is 2.12. The van der Waals surface area contributed by atoms with Gasteiger partial charge in [-0.3, -0.25) is 0 Å². The topological polar surface area (TPSA) is 98.7 Å². The number of carboxylic acid groups (broad SMARTS) is 1. The smallest absolute Gasteiger partial charge is 0.328 e. The monoisotopic (exact) mass is 228 g/mol. The van der Waals surface area contributed by atoms with Crippen LogP contribution in [0.5, 0.6) is 0 Å². The molecule has 16 heavy (non-hydrogen) atoms. The quantitative estimate of drug-likeness (QED) is 0.489. The molecule has 0 saturated heterocycles. The minimum absolute atomic E-state index is 0.740. The van der Waals surface area contributed by atoms with Crippen molar-refractivity contribution in [1.82, 2.24) is 10.6 Å². The lowest BCUT2D eigenvalue weighted by Crippen LogP contribution is -2.55. The highest BCUT2D eigenvalue weighted by Crippen LogP contribution is 1.99. The summed E-state index contributed by atoms with van der Waals surface area (Å²) in [7, 11) is 0. The normalized spacial score (nSPS) is 14.4. The van der Waals surface area contributed by atoms with Gasteiger partial charge in [-0.15, -0.1) is 6.42 Å². The molecule has 0 unspecified atom stereocenters. The summed E-state index contributed by atoms with van der Waals surface area (Å²) < 4.78 is 0. The van der Waals surface area contributed by atoms with Crippen molar-refractivity contribution < 1.29 is 19.8 Å². The Balaban J connectivity index is 4.45. The fourth-order valence-corrected chi connectivity index (χ4v) is 0.886. The Morgan fingerprint density at radius 3 is 2.25 bits per heavy atom. The third kappa shape index (κ3) is 4.66. The molecule has 0 aliphatic rings. The number of carbonyl (C=O) groups is 2. The second-order valence-electron chi connectivity index (χ2n) is 3.92. The minimum Gasteiger partial charge on any atom is -0.480 e. The molecule has 6 nitrogen and oxygen atoms in total. The van der Waals surface area contributed by atoms with Gasteiger partial charge in [0.1, 0.15) is 0 Å². The lowest BCUT2D eigenvalue weighted by atomic mass is 10.1. The standard InChI is InChI=1S/C10H16N2O4/c1-5-10(3,4)12-9(16)11-7(6(2)13)8(14)15/h1,6-7,13H,2-4H3,(H,14,15)(H2,11,12,16)/t6-,7+/m1/s1. The van der Waals surface area contributed by atoms with Crippen LogP contribution in [0.3, 0.4) is 0 Å². The Hall–Kier alpha value is -1.74. The molecule has 0 fully saturated rings. The van der Waals surface area contributed by atoms with E-state index < -0.39 is 29.7 Å². The van der Waals surface area contributed by atoms with Gasteiger partial charge in [-0.1, -0.05) is 5.92 Å². The number of carboxylic acids is 1. The number of amides is 2. The maximum absolute atomic E-state index is 11.3. The number of aliphatic hydroxyl groups excluding tert-OH is 1. The zero-order valence-electron chi connectivity index (χ0n) is 9.44. The number of carbonyl (C=O) groups excluding carboxylic acids is 1. The number of nitrogens with one attached hydrogen (secondary N) is 2. The van der Waals surface area contributed by atoms with Crippen LogP contribution in [-0.2, 0) is 4.79 Å². The molecule has 0 heterocycles. The molecule has 0 aromatic heterocycles. The van der Waals surface area contributed by atoms with Crippen LogP contribution in [0.4, 0.5) is 4.79 Å². The lowest BCUT2D eigenvalue weighted by Gasteiger charge is -2.23. The van der Waals surface area contributed by atoms with Crippen LogP contribution >= 0.6 is 0 Å². The van der Waals surface area contributed by atoms with Gasteiger partial charge in [0.15, 0.2) is 6.04 Å². The van der Waals surface area contributed by atoms with Crippen LogP contribution in [0.2, 0.25) is 0 Å². The Labute approximate surface area is 94.0 Å². The highest BCUT2D eigenvalue weighted by Gasteiger charge is 2.26. The molecular formula is C10H16N2O4. The summed E-state index contributed by atoms with van der Waals surface area (Å²) in [6, 6.07) is -2.11. The van der Waals surface area contributed by atoms with Crippen molar-refractivity contribution in [2.75, 3.05) is 0 Å². The molecule has 0 aromatic rings. The largest absolute Gasteiger partial charge is 0.480 e. The number of hydrogen-bond acceptors (Lipinski definition) is 3. The van der Waals surface area contributed by atoms with E-state index in [9.17, 15) is 9.59 Å². The lowest BCUT2D eigenvalue weighted by molar-refractivity contribution is -0.141. The SMILES string of the molecule is C#CC(C)(C)NC(=O)N[C@H](C(=O)O)[C@@H](C)O. The molecule has 4 N–H and O–H groups in total. The second kappa shape index (κ2) is 5.37. The first-order chi connectivity index (χ1) is 7.19. The molecule has 2 amide bonds. The van der Waals surface area contributed by atoms with E-state index in [1.807, 2.05) is 0 Å². The van der Waals surface area contributed by atoms with Gasteiger partial charge >= 0.3 is 12.0 Å². The Bertz CT molecular complexity index is 317. The number of urea groups is 1. The van der Waals surface area contributed by atoms with Crippen molar-refractivity contribution >= 4 is 12.0 Å². The van der Waals surface area contributed by atoms with Gasteiger partial charge in [0.25, 0.3) is 0 Å². The summed E-state index contributed by atoms with van der Waals surface area (Å²) in [6.45, 7) is 4.45. The minimum atomic E-state index is -1.37. The Morgan fingerprint density at radius 1 is 1.44 bits per heavy atom.